The van der Waals surface area contributed by atoms with Gasteiger partial charge in [0, 0.05) is 56.2 Å². The van der Waals surface area contributed by atoms with Crippen LogP contribution in [0.3, 0.4) is 0 Å². The Morgan fingerprint density at radius 1 is 1.03 bits per heavy atom. The van der Waals surface area contributed by atoms with Crippen LogP contribution in [0.1, 0.15) is 36.4 Å². The van der Waals surface area contributed by atoms with E-state index in [0.717, 1.165) is 24.8 Å². The van der Waals surface area contributed by atoms with Gasteiger partial charge >= 0.3 is 0 Å². The van der Waals surface area contributed by atoms with Gasteiger partial charge in [-0.15, -0.1) is 0 Å². The van der Waals surface area contributed by atoms with E-state index >= 15 is 0 Å². The molecule has 2 saturated heterocycles. The average molecular weight is 552 g/mol. The number of piperidine rings is 2. The number of halogens is 3. The van der Waals surface area contributed by atoms with Gasteiger partial charge in [0.25, 0.3) is 0 Å². The van der Waals surface area contributed by atoms with Crippen LogP contribution in [0.25, 0.3) is 0 Å². The van der Waals surface area contributed by atoms with Gasteiger partial charge in [0.1, 0.15) is 11.8 Å². The molecule has 7 nitrogen and oxygen atoms in total. The van der Waals surface area contributed by atoms with Crippen LogP contribution in [0.2, 0.25) is 5.02 Å². The second kappa shape index (κ2) is 12.0. The number of nitriles is 1. The number of amides is 1. The number of ether oxygens (including phenoxy) is 1. The van der Waals surface area contributed by atoms with Gasteiger partial charge in [-0.05, 0) is 55.2 Å². The Labute approximate surface area is 231 Å². The second-order valence-corrected chi connectivity index (χ2v) is 10.4. The maximum Gasteiger partial charge on any atom is 0.225 e. The summed E-state index contributed by atoms with van der Waals surface area (Å²) in [4.78, 5) is 25.9. The Kier molecular flexibility index (Phi) is 8.22. The van der Waals surface area contributed by atoms with E-state index in [1.54, 1.807) is 30.5 Å². The zero-order chi connectivity index (χ0) is 27.4. The summed E-state index contributed by atoms with van der Waals surface area (Å²) in [5.41, 5.74) is 1.96. The summed E-state index contributed by atoms with van der Waals surface area (Å²) in [7, 11) is 0. The standard InChI is InChI=1S/C29H28ClF2N5O2/c30-22-2-6-28(35-15-22)39-18-21-9-12-37(17-25(21)20-1-5-26(31)27(32)13-20)29(38)19-7-10-36(11-8-19)24-4-3-23(14-33)34-16-24/h1-6,13,15-16,19,21,25H,7-12,17-18H2/t21-,25-/m1/s1. The molecule has 2 atom stereocenters. The quantitative estimate of drug-likeness (QED) is 0.418. The Morgan fingerprint density at radius 2 is 1.85 bits per heavy atom. The van der Waals surface area contributed by atoms with Crippen molar-refractivity contribution < 1.29 is 18.3 Å². The van der Waals surface area contributed by atoms with Crippen molar-refractivity contribution >= 4 is 23.2 Å². The maximum absolute atomic E-state index is 14.2. The van der Waals surface area contributed by atoms with Crippen molar-refractivity contribution in [2.24, 2.45) is 11.8 Å². The van der Waals surface area contributed by atoms with Crippen LogP contribution in [-0.2, 0) is 4.79 Å². The molecule has 0 N–H and O–H groups in total. The van der Waals surface area contributed by atoms with Crippen molar-refractivity contribution in [2.75, 3.05) is 37.7 Å². The summed E-state index contributed by atoms with van der Waals surface area (Å²) in [6, 6.07) is 12.9. The summed E-state index contributed by atoms with van der Waals surface area (Å²) >= 11 is 5.91. The number of anilines is 1. The Morgan fingerprint density at radius 3 is 2.51 bits per heavy atom. The first kappa shape index (κ1) is 26.8. The van der Waals surface area contributed by atoms with Gasteiger partial charge in [0.15, 0.2) is 11.6 Å². The number of nitrogens with zero attached hydrogens (tertiary/aromatic N) is 5. The molecule has 2 aliphatic rings. The number of aromatic nitrogens is 2. The van der Waals surface area contributed by atoms with Crippen molar-refractivity contribution in [3.8, 4) is 11.9 Å². The minimum Gasteiger partial charge on any atom is -0.477 e. The van der Waals surface area contributed by atoms with Crippen molar-refractivity contribution in [3.05, 3.63) is 82.8 Å². The molecule has 4 heterocycles. The number of likely N-dealkylation sites (tertiary alicyclic amines) is 1. The van der Waals surface area contributed by atoms with E-state index in [0.29, 0.717) is 61.1 Å². The lowest BCUT2D eigenvalue weighted by atomic mass is 9.80. The maximum atomic E-state index is 14.2. The summed E-state index contributed by atoms with van der Waals surface area (Å²) in [6.07, 6.45) is 5.28. The molecule has 39 heavy (non-hydrogen) atoms. The summed E-state index contributed by atoms with van der Waals surface area (Å²) in [5.74, 6) is -1.60. The van der Waals surface area contributed by atoms with E-state index < -0.39 is 11.6 Å². The molecule has 2 fully saturated rings. The fraction of sp³-hybridized carbons (Fsp3) is 0.379. The van der Waals surface area contributed by atoms with E-state index in [9.17, 15) is 13.6 Å². The summed E-state index contributed by atoms with van der Waals surface area (Å²) in [5, 5.41) is 9.47. The topological polar surface area (TPSA) is 82.4 Å². The molecule has 0 bridgehead atoms. The molecule has 0 radical (unpaired) electrons. The predicted molar refractivity (Wildman–Crippen MR) is 142 cm³/mol. The van der Waals surface area contributed by atoms with Crippen LogP contribution in [0.4, 0.5) is 14.5 Å². The van der Waals surface area contributed by atoms with Crippen LogP contribution in [0.5, 0.6) is 5.88 Å². The normalized spacial score (nSPS) is 19.9. The van der Waals surface area contributed by atoms with E-state index in [1.165, 1.54) is 12.3 Å². The van der Waals surface area contributed by atoms with Gasteiger partial charge in [-0.3, -0.25) is 4.79 Å². The zero-order valence-corrected chi connectivity index (χ0v) is 22.0. The molecule has 3 aromatic rings. The van der Waals surface area contributed by atoms with E-state index in [4.69, 9.17) is 21.6 Å². The molecule has 0 saturated carbocycles. The Balaban J connectivity index is 1.25. The molecule has 0 unspecified atom stereocenters. The van der Waals surface area contributed by atoms with E-state index in [-0.39, 0.29) is 23.7 Å². The summed E-state index contributed by atoms with van der Waals surface area (Å²) < 4.78 is 33.8. The number of carbonyl (C=O) groups is 1. The van der Waals surface area contributed by atoms with E-state index in [2.05, 4.69) is 14.9 Å². The molecule has 2 aromatic heterocycles. The van der Waals surface area contributed by atoms with Crippen LogP contribution in [0, 0.1) is 34.8 Å². The largest absolute Gasteiger partial charge is 0.477 e. The fourth-order valence-corrected chi connectivity index (χ4v) is 5.55. The van der Waals surface area contributed by atoms with Crippen LogP contribution < -0.4 is 9.64 Å². The molecule has 1 amide bonds. The van der Waals surface area contributed by atoms with Gasteiger partial charge < -0.3 is 14.5 Å². The molecule has 202 valence electrons. The highest BCUT2D eigenvalue weighted by Crippen LogP contribution is 2.35. The molecular formula is C29H28ClF2N5O2. The van der Waals surface area contributed by atoms with Crippen molar-refractivity contribution in [1.82, 2.24) is 14.9 Å². The third kappa shape index (κ3) is 6.28. The molecule has 5 rings (SSSR count). The first-order chi connectivity index (χ1) is 18.9. The number of benzene rings is 1. The Hall–Kier alpha value is -3.77. The highest BCUT2D eigenvalue weighted by Gasteiger charge is 2.36. The monoisotopic (exact) mass is 551 g/mol. The van der Waals surface area contributed by atoms with Crippen LogP contribution in [0.15, 0.2) is 54.9 Å². The third-order valence-electron chi connectivity index (χ3n) is 7.66. The van der Waals surface area contributed by atoms with Gasteiger partial charge in [-0.1, -0.05) is 17.7 Å². The lowest BCUT2D eigenvalue weighted by Gasteiger charge is -2.41. The van der Waals surface area contributed by atoms with Crippen molar-refractivity contribution in [3.63, 3.8) is 0 Å². The van der Waals surface area contributed by atoms with E-state index in [1.807, 2.05) is 17.0 Å². The summed E-state index contributed by atoms with van der Waals surface area (Å²) in [6.45, 7) is 2.74. The lowest BCUT2D eigenvalue weighted by molar-refractivity contribution is -0.138. The molecule has 2 aliphatic heterocycles. The van der Waals surface area contributed by atoms with Gasteiger partial charge in [0.05, 0.1) is 23.5 Å². The lowest BCUT2D eigenvalue weighted by Crippen LogP contribution is -2.48. The van der Waals surface area contributed by atoms with Gasteiger partial charge in [0.2, 0.25) is 11.8 Å². The Bertz CT molecular complexity index is 1340. The highest BCUT2D eigenvalue weighted by molar-refractivity contribution is 6.30. The van der Waals surface area contributed by atoms with Gasteiger partial charge in [-0.2, -0.15) is 5.26 Å². The van der Waals surface area contributed by atoms with Crippen LogP contribution >= 0.6 is 11.6 Å². The number of carbonyl (C=O) groups excluding carboxylic acids is 1. The second-order valence-electron chi connectivity index (χ2n) is 10.0. The smallest absolute Gasteiger partial charge is 0.225 e. The highest BCUT2D eigenvalue weighted by atomic mass is 35.5. The first-order valence-corrected chi connectivity index (χ1v) is 13.4. The molecular weight excluding hydrogens is 524 g/mol. The SMILES string of the molecule is N#Cc1ccc(N2CCC(C(=O)N3CC[C@H](COc4ccc(Cl)cn4)[C@@H](c4ccc(F)c(F)c4)C3)CC2)cn1. The first-order valence-electron chi connectivity index (χ1n) is 13.0. The van der Waals surface area contributed by atoms with Crippen molar-refractivity contribution in [1.29, 1.82) is 5.26 Å². The zero-order valence-electron chi connectivity index (χ0n) is 21.3. The fourth-order valence-electron chi connectivity index (χ4n) is 5.44. The number of rotatable bonds is 6. The van der Waals surface area contributed by atoms with Gasteiger partial charge in [-0.25, -0.2) is 18.7 Å². The molecule has 1 aromatic carbocycles. The minimum absolute atomic E-state index is 0.0119. The molecule has 0 aliphatic carbocycles. The minimum atomic E-state index is -0.903. The molecule has 0 spiro atoms. The average Bonchev–Trinajstić information content (AvgIpc) is 2.98. The van der Waals surface area contributed by atoms with Crippen molar-refractivity contribution in [2.45, 2.75) is 25.2 Å². The number of hydrogen-bond acceptors (Lipinski definition) is 6. The van der Waals surface area contributed by atoms with Crippen LogP contribution in [-0.4, -0.2) is 53.6 Å². The number of pyridine rings is 2. The number of hydrogen-bond donors (Lipinski definition) is 0. The predicted octanol–water partition coefficient (Wildman–Crippen LogP) is 5.21. The molecule has 10 heteroatoms. The third-order valence-corrected chi connectivity index (χ3v) is 7.88.